The molecule has 0 aromatic heterocycles. The largest absolute Gasteiger partial charge is 0.374 e. The Hall–Kier alpha value is -0.360. The fraction of sp³-hybridized carbons (Fsp3) is 0.909. The van der Waals surface area contributed by atoms with E-state index in [1.54, 1.807) is 0 Å². The molecule has 2 N–H and O–H groups in total. The van der Waals surface area contributed by atoms with Crippen LogP contribution in [-0.4, -0.2) is 62.8 Å². The second kappa shape index (κ2) is 7.16. The van der Waals surface area contributed by atoms with Crippen LogP contribution in [0.15, 0.2) is 0 Å². The summed E-state index contributed by atoms with van der Waals surface area (Å²) in [6.45, 7) is 4.23. The molecule has 0 spiro atoms. The smallest absolute Gasteiger partial charge is 0.237 e. The third kappa shape index (κ3) is 4.43. The Kier molecular flexibility index (Phi) is 6.19. The summed E-state index contributed by atoms with van der Waals surface area (Å²) in [4.78, 5) is 14.0. The maximum atomic E-state index is 11.7. The molecule has 100 valence electrons. The van der Waals surface area contributed by atoms with Gasteiger partial charge in [0.25, 0.3) is 0 Å². The summed E-state index contributed by atoms with van der Waals surface area (Å²) in [6, 6.07) is 0.0151. The zero-order valence-electron chi connectivity index (χ0n) is 10.3. The van der Waals surface area contributed by atoms with Crippen molar-refractivity contribution in [2.75, 3.05) is 39.8 Å². The molecule has 0 aliphatic carbocycles. The van der Waals surface area contributed by atoms with Crippen LogP contribution in [0, 0.1) is 0 Å². The SMILES string of the molecule is CN1CCOC(CNC(=O)C2CCCN2)C1.Cl. The number of hydrogen-bond acceptors (Lipinski definition) is 4. The number of carbonyl (C=O) groups is 1. The van der Waals surface area contributed by atoms with Gasteiger partial charge in [-0.3, -0.25) is 4.79 Å². The van der Waals surface area contributed by atoms with E-state index in [1.165, 1.54) is 0 Å². The minimum absolute atomic E-state index is 0. The quantitative estimate of drug-likeness (QED) is 0.728. The fourth-order valence-electron chi connectivity index (χ4n) is 2.24. The lowest BCUT2D eigenvalue weighted by atomic mass is 10.2. The average Bonchev–Trinajstić information content (AvgIpc) is 2.79. The molecule has 2 rings (SSSR count). The normalized spacial score (nSPS) is 29.7. The van der Waals surface area contributed by atoms with Crippen LogP contribution in [0.4, 0.5) is 0 Å². The summed E-state index contributed by atoms with van der Waals surface area (Å²) in [5.41, 5.74) is 0. The second-order valence-corrected chi connectivity index (χ2v) is 4.65. The van der Waals surface area contributed by atoms with Crippen molar-refractivity contribution in [2.45, 2.75) is 25.0 Å². The molecule has 0 aromatic rings. The molecule has 2 atom stereocenters. The minimum Gasteiger partial charge on any atom is -0.374 e. The van der Waals surface area contributed by atoms with E-state index in [0.717, 1.165) is 39.1 Å². The minimum atomic E-state index is 0. The molecular formula is C11H22ClN3O2. The molecule has 2 aliphatic heterocycles. The first-order chi connectivity index (χ1) is 7.75. The van der Waals surface area contributed by atoms with Crippen molar-refractivity contribution in [3.05, 3.63) is 0 Å². The van der Waals surface area contributed by atoms with Crippen molar-refractivity contribution in [3.63, 3.8) is 0 Å². The average molecular weight is 264 g/mol. The predicted molar refractivity (Wildman–Crippen MR) is 68.5 cm³/mol. The maximum Gasteiger partial charge on any atom is 0.237 e. The van der Waals surface area contributed by atoms with E-state index in [4.69, 9.17) is 4.74 Å². The Balaban J connectivity index is 0.00000144. The van der Waals surface area contributed by atoms with E-state index in [1.807, 2.05) is 0 Å². The fourth-order valence-corrected chi connectivity index (χ4v) is 2.24. The van der Waals surface area contributed by atoms with Crippen LogP contribution < -0.4 is 10.6 Å². The van der Waals surface area contributed by atoms with Gasteiger partial charge in [0, 0.05) is 19.6 Å². The molecule has 0 bridgehead atoms. The van der Waals surface area contributed by atoms with Gasteiger partial charge in [-0.15, -0.1) is 12.4 Å². The van der Waals surface area contributed by atoms with Gasteiger partial charge in [0.1, 0.15) is 0 Å². The second-order valence-electron chi connectivity index (χ2n) is 4.65. The molecule has 5 nitrogen and oxygen atoms in total. The Labute approximate surface area is 109 Å². The third-order valence-corrected chi connectivity index (χ3v) is 3.22. The van der Waals surface area contributed by atoms with Crippen molar-refractivity contribution < 1.29 is 9.53 Å². The van der Waals surface area contributed by atoms with Crippen molar-refractivity contribution in [2.24, 2.45) is 0 Å². The number of halogens is 1. The summed E-state index contributed by atoms with van der Waals surface area (Å²) >= 11 is 0. The van der Waals surface area contributed by atoms with Gasteiger partial charge in [0.2, 0.25) is 5.91 Å². The van der Waals surface area contributed by atoms with Crippen LogP contribution in [0.25, 0.3) is 0 Å². The molecule has 0 radical (unpaired) electrons. The molecule has 2 aliphatic rings. The maximum absolute atomic E-state index is 11.7. The summed E-state index contributed by atoms with van der Waals surface area (Å²) in [5, 5.41) is 6.15. The topological polar surface area (TPSA) is 53.6 Å². The zero-order valence-corrected chi connectivity index (χ0v) is 11.1. The molecular weight excluding hydrogens is 242 g/mol. The van der Waals surface area contributed by atoms with Gasteiger partial charge >= 0.3 is 0 Å². The van der Waals surface area contributed by atoms with Crippen LogP contribution in [0.1, 0.15) is 12.8 Å². The first-order valence-corrected chi connectivity index (χ1v) is 6.07. The summed E-state index contributed by atoms with van der Waals surface area (Å²) in [7, 11) is 2.08. The van der Waals surface area contributed by atoms with Crippen molar-refractivity contribution in [3.8, 4) is 0 Å². The Bertz CT molecular complexity index is 247. The molecule has 1 amide bonds. The summed E-state index contributed by atoms with van der Waals surface area (Å²) < 4.78 is 5.58. The van der Waals surface area contributed by atoms with E-state index < -0.39 is 0 Å². The molecule has 2 unspecified atom stereocenters. The van der Waals surface area contributed by atoms with Gasteiger partial charge < -0.3 is 20.3 Å². The Morgan fingerprint density at radius 2 is 2.41 bits per heavy atom. The molecule has 0 saturated carbocycles. The van der Waals surface area contributed by atoms with Crippen molar-refractivity contribution in [1.29, 1.82) is 0 Å². The first kappa shape index (κ1) is 14.7. The lowest BCUT2D eigenvalue weighted by molar-refractivity contribution is -0.123. The lowest BCUT2D eigenvalue weighted by Gasteiger charge is -2.30. The highest BCUT2D eigenvalue weighted by molar-refractivity contribution is 5.85. The molecule has 2 heterocycles. The van der Waals surface area contributed by atoms with Crippen LogP contribution in [-0.2, 0) is 9.53 Å². The van der Waals surface area contributed by atoms with E-state index in [2.05, 4.69) is 22.6 Å². The number of amides is 1. The number of likely N-dealkylation sites (N-methyl/N-ethyl adjacent to an activating group) is 1. The van der Waals surface area contributed by atoms with Crippen LogP contribution in [0.3, 0.4) is 0 Å². The predicted octanol–water partition coefficient (Wildman–Crippen LogP) is -0.393. The number of carbonyl (C=O) groups excluding carboxylic acids is 1. The first-order valence-electron chi connectivity index (χ1n) is 6.07. The van der Waals surface area contributed by atoms with E-state index in [9.17, 15) is 4.79 Å². The van der Waals surface area contributed by atoms with Gasteiger partial charge in [-0.2, -0.15) is 0 Å². The monoisotopic (exact) mass is 263 g/mol. The van der Waals surface area contributed by atoms with Crippen molar-refractivity contribution >= 4 is 18.3 Å². The third-order valence-electron chi connectivity index (χ3n) is 3.22. The zero-order chi connectivity index (χ0) is 11.4. The van der Waals surface area contributed by atoms with Gasteiger partial charge in [0.05, 0.1) is 18.8 Å². The highest BCUT2D eigenvalue weighted by Gasteiger charge is 2.23. The van der Waals surface area contributed by atoms with E-state index in [0.29, 0.717) is 6.54 Å². The Morgan fingerprint density at radius 3 is 3.06 bits per heavy atom. The van der Waals surface area contributed by atoms with Gasteiger partial charge in [0.15, 0.2) is 0 Å². The highest BCUT2D eigenvalue weighted by Crippen LogP contribution is 2.05. The van der Waals surface area contributed by atoms with Gasteiger partial charge in [-0.25, -0.2) is 0 Å². The van der Waals surface area contributed by atoms with Crippen LogP contribution >= 0.6 is 12.4 Å². The number of hydrogen-bond donors (Lipinski definition) is 2. The van der Waals surface area contributed by atoms with Crippen LogP contribution in [0.5, 0.6) is 0 Å². The van der Waals surface area contributed by atoms with E-state index >= 15 is 0 Å². The summed E-state index contributed by atoms with van der Waals surface area (Å²) in [5.74, 6) is 0.120. The van der Waals surface area contributed by atoms with Gasteiger partial charge in [-0.05, 0) is 26.4 Å². The molecule has 0 aromatic carbocycles. The number of morpholine rings is 1. The van der Waals surface area contributed by atoms with Gasteiger partial charge in [-0.1, -0.05) is 0 Å². The number of rotatable bonds is 3. The molecule has 2 fully saturated rings. The summed E-state index contributed by atoms with van der Waals surface area (Å²) in [6.07, 6.45) is 2.20. The van der Waals surface area contributed by atoms with E-state index in [-0.39, 0.29) is 30.5 Å². The number of nitrogens with one attached hydrogen (secondary N) is 2. The number of nitrogens with zero attached hydrogens (tertiary/aromatic N) is 1. The standard InChI is InChI=1S/C11H21N3O2.ClH/c1-14-5-6-16-9(8-14)7-13-11(15)10-3-2-4-12-10;/h9-10,12H,2-8H2,1H3,(H,13,15);1H. The highest BCUT2D eigenvalue weighted by atomic mass is 35.5. The lowest BCUT2D eigenvalue weighted by Crippen LogP contribution is -2.48. The molecule has 2 saturated heterocycles. The Morgan fingerprint density at radius 1 is 1.59 bits per heavy atom. The molecule has 6 heteroatoms. The van der Waals surface area contributed by atoms with Crippen LogP contribution in [0.2, 0.25) is 0 Å². The molecule has 17 heavy (non-hydrogen) atoms. The number of ether oxygens (including phenoxy) is 1. The van der Waals surface area contributed by atoms with Crippen molar-refractivity contribution in [1.82, 2.24) is 15.5 Å².